The van der Waals surface area contributed by atoms with E-state index in [9.17, 15) is 0 Å². The summed E-state index contributed by atoms with van der Waals surface area (Å²) in [5, 5.41) is 2.42. The Morgan fingerprint density at radius 2 is 0.861 bits per heavy atom. The molecule has 0 amide bonds. The number of rotatable bonds is 4. The van der Waals surface area contributed by atoms with Gasteiger partial charge in [-0.15, -0.1) is 0 Å². The van der Waals surface area contributed by atoms with E-state index in [2.05, 4.69) is 264 Å². The van der Waals surface area contributed by atoms with Gasteiger partial charge in [-0.1, -0.05) is 188 Å². The molecule has 16 rings (SSSR count). The van der Waals surface area contributed by atoms with E-state index in [1.807, 2.05) is 11.8 Å². The Bertz CT molecular complexity index is 4170. The summed E-state index contributed by atoms with van der Waals surface area (Å²) < 4.78 is 9.18. The molecule has 0 bridgehead atoms. The first-order valence-corrected chi connectivity index (χ1v) is 25.6. The van der Waals surface area contributed by atoms with Crippen molar-refractivity contribution in [2.24, 2.45) is 0 Å². The second-order valence-corrected chi connectivity index (χ2v) is 20.5. The molecule has 3 nitrogen and oxygen atoms in total. The van der Waals surface area contributed by atoms with Gasteiger partial charge >= 0.3 is 0 Å². The summed E-state index contributed by atoms with van der Waals surface area (Å²) in [4.78, 5) is 5.15. The smallest absolute Gasteiger partial charge is 0.132 e. The number of anilines is 3. The zero-order chi connectivity index (χ0) is 47.1. The van der Waals surface area contributed by atoms with Gasteiger partial charge in [0.25, 0.3) is 0 Å². The molecular weight excluding hydrogens is 893 g/mol. The van der Waals surface area contributed by atoms with E-state index in [1.54, 1.807) is 0 Å². The maximum Gasteiger partial charge on any atom is 0.132 e. The minimum atomic E-state index is -0.616. The normalized spacial score (nSPS) is 14.4. The largest absolute Gasteiger partial charge is 0.457 e. The number of hydrogen-bond donors (Lipinski definition) is 0. The molecule has 0 fully saturated rings. The van der Waals surface area contributed by atoms with E-state index < -0.39 is 10.8 Å². The van der Waals surface area contributed by atoms with E-state index in [-0.39, 0.29) is 0 Å². The average Bonchev–Trinajstić information content (AvgIpc) is 4.04. The van der Waals surface area contributed by atoms with Crippen molar-refractivity contribution in [3.8, 4) is 39.4 Å². The van der Waals surface area contributed by atoms with Gasteiger partial charge in [0.15, 0.2) is 0 Å². The van der Waals surface area contributed by atoms with Gasteiger partial charge in [-0.3, -0.25) is 0 Å². The topological polar surface area (TPSA) is 17.4 Å². The van der Waals surface area contributed by atoms with E-state index in [4.69, 9.17) is 4.74 Å². The summed E-state index contributed by atoms with van der Waals surface area (Å²) in [6, 6.07) is 94.6. The van der Waals surface area contributed by atoms with Crippen LogP contribution in [0, 0.1) is 0 Å². The van der Waals surface area contributed by atoms with E-state index in [1.165, 1.54) is 87.2 Å². The van der Waals surface area contributed by atoms with Gasteiger partial charge in [0.05, 0.1) is 27.6 Å². The molecule has 4 heteroatoms. The zero-order valence-corrected chi connectivity index (χ0v) is 39.8. The lowest BCUT2D eigenvalue weighted by molar-refractivity contribution is 0.436. The van der Waals surface area contributed by atoms with E-state index in [0.717, 1.165) is 45.4 Å². The maximum absolute atomic E-state index is 6.77. The zero-order valence-electron chi connectivity index (χ0n) is 39.0. The van der Waals surface area contributed by atoms with Crippen LogP contribution in [0.2, 0.25) is 0 Å². The highest BCUT2D eigenvalue weighted by Gasteiger charge is 2.53. The molecular formula is C68H42N2OS. The number of para-hydroxylation sites is 4. The molecule has 0 N–H and O–H groups in total. The van der Waals surface area contributed by atoms with Crippen LogP contribution < -0.4 is 9.64 Å². The quantitative estimate of drug-likeness (QED) is 0.175. The predicted molar refractivity (Wildman–Crippen MR) is 294 cm³/mol. The van der Waals surface area contributed by atoms with Gasteiger partial charge in [-0.05, 0) is 129 Å². The lowest BCUT2D eigenvalue weighted by atomic mass is 9.66. The predicted octanol–water partition coefficient (Wildman–Crippen LogP) is 17.5. The molecule has 0 saturated carbocycles. The van der Waals surface area contributed by atoms with Crippen molar-refractivity contribution in [3.05, 3.63) is 299 Å². The lowest BCUT2D eigenvalue weighted by Crippen LogP contribution is -2.32. The highest BCUT2D eigenvalue weighted by molar-refractivity contribution is 7.99. The fraction of sp³-hybridized carbons (Fsp3) is 0.0294. The van der Waals surface area contributed by atoms with Crippen LogP contribution in [-0.4, -0.2) is 4.57 Å². The standard InChI is InChI=1S/C68H42N2OS/c1-2-19-43(20-3-1)70-59-31-13-6-22-47(59)50-42-45(38-40-60(50)70)69(44-37-39-53-49(41-44)46-21-4-7-24-51(46)67(53)56-28-11-16-35-64(56)72-65-36-17-12-29-57(65)67)61-32-18-30-58-66(61)48-23-5-8-25-52(48)68(58)54-26-9-14-33-62(54)71-63-34-15-10-27-55(63)68/h1-42H. The van der Waals surface area contributed by atoms with E-state index >= 15 is 0 Å². The Kier molecular flexibility index (Phi) is 8.24. The Balaban J connectivity index is 1.00. The number of hydrogen-bond acceptors (Lipinski definition) is 3. The molecule has 2 spiro atoms. The summed E-state index contributed by atoms with van der Waals surface area (Å²) in [6.45, 7) is 0. The van der Waals surface area contributed by atoms with Crippen LogP contribution in [-0.2, 0) is 10.8 Å². The molecule has 0 unspecified atom stereocenters. The summed E-state index contributed by atoms with van der Waals surface area (Å²) in [6.07, 6.45) is 0. The van der Waals surface area contributed by atoms with Crippen LogP contribution in [0.15, 0.2) is 265 Å². The molecule has 12 aromatic rings. The van der Waals surface area contributed by atoms with Crippen molar-refractivity contribution < 1.29 is 4.74 Å². The summed E-state index contributed by atoms with van der Waals surface area (Å²) in [5.41, 5.74) is 20.8. The van der Waals surface area contributed by atoms with Crippen molar-refractivity contribution in [2.45, 2.75) is 20.6 Å². The van der Waals surface area contributed by atoms with Crippen molar-refractivity contribution in [3.63, 3.8) is 0 Å². The summed E-state index contributed by atoms with van der Waals surface area (Å²) in [5.74, 6) is 1.77. The molecule has 336 valence electrons. The third-order valence-corrected chi connectivity index (χ3v) is 17.3. The maximum atomic E-state index is 6.77. The number of nitrogens with zero attached hydrogens (tertiary/aromatic N) is 2. The third-order valence-electron chi connectivity index (χ3n) is 16.1. The SMILES string of the molecule is c1ccc(-n2c3ccccc3c3cc(N(c4ccc5c(c4)-c4ccccc4C54c5ccccc5Sc5ccccc54)c4cccc5c4-c4ccccc4C54c5ccccc5Oc5ccccc54)ccc32)cc1. The number of fused-ring (bicyclic) bond motifs is 21. The molecule has 0 atom stereocenters. The molecule has 0 saturated heterocycles. The van der Waals surface area contributed by atoms with Crippen molar-refractivity contribution in [1.82, 2.24) is 4.57 Å². The van der Waals surface area contributed by atoms with Gasteiger partial charge in [0.1, 0.15) is 11.5 Å². The van der Waals surface area contributed by atoms with Crippen LogP contribution in [0.25, 0.3) is 49.7 Å². The number of ether oxygens (including phenoxy) is 1. The molecule has 2 aliphatic heterocycles. The fourth-order valence-corrected chi connectivity index (χ4v) is 14.6. The van der Waals surface area contributed by atoms with Crippen LogP contribution in [0.5, 0.6) is 11.5 Å². The van der Waals surface area contributed by atoms with E-state index in [0.29, 0.717) is 0 Å². The van der Waals surface area contributed by atoms with Crippen LogP contribution in [0.1, 0.15) is 44.5 Å². The molecule has 72 heavy (non-hydrogen) atoms. The van der Waals surface area contributed by atoms with Gasteiger partial charge in [-0.2, -0.15) is 0 Å². The lowest BCUT2D eigenvalue weighted by Gasteiger charge is -2.40. The minimum Gasteiger partial charge on any atom is -0.457 e. The summed E-state index contributed by atoms with van der Waals surface area (Å²) >= 11 is 1.89. The molecule has 0 radical (unpaired) electrons. The Morgan fingerprint density at radius 3 is 1.60 bits per heavy atom. The second-order valence-electron chi connectivity index (χ2n) is 19.4. The van der Waals surface area contributed by atoms with Gasteiger partial charge < -0.3 is 14.2 Å². The first kappa shape index (κ1) is 40.0. The monoisotopic (exact) mass is 934 g/mol. The molecule has 4 aliphatic rings. The minimum absolute atomic E-state index is 0.477. The highest BCUT2D eigenvalue weighted by atomic mass is 32.2. The summed E-state index contributed by atoms with van der Waals surface area (Å²) in [7, 11) is 0. The molecule has 2 aliphatic carbocycles. The average molecular weight is 935 g/mol. The van der Waals surface area contributed by atoms with Gasteiger partial charge in [-0.25, -0.2) is 0 Å². The fourth-order valence-electron chi connectivity index (χ4n) is 13.4. The first-order chi connectivity index (χ1) is 35.7. The van der Waals surface area contributed by atoms with Gasteiger partial charge in [0, 0.05) is 54.3 Å². The highest BCUT2D eigenvalue weighted by Crippen LogP contribution is 2.66. The first-order valence-electron chi connectivity index (χ1n) is 24.8. The Hall–Kier alpha value is -8.83. The van der Waals surface area contributed by atoms with Crippen molar-refractivity contribution >= 4 is 50.6 Å². The third kappa shape index (κ3) is 5.11. The molecule has 3 heterocycles. The van der Waals surface area contributed by atoms with Crippen molar-refractivity contribution in [2.75, 3.05) is 4.90 Å². The number of aromatic nitrogens is 1. The Morgan fingerprint density at radius 1 is 0.347 bits per heavy atom. The molecule has 11 aromatic carbocycles. The van der Waals surface area contributed by atoms with Gasteiger partial charge in [0.2, 0.25) is 0 Å². The van der Waals surface area contributed by atoms with Crippen LogP contribution in [0.4, 0.5) is 17.1 Å². The molecule has 1 aromatic heterocycles. The second kappa shape index (κ2) is 14.8. The van der Waals surface area contributed by atoms with Crippen LogP contribution in [0.3, 0.4) is 0 Å². The van der Waals surface area contributed by atoms with Crippen molar-refractivity contribution in [1.29, 1.82) is 0 Å². The number of benzene rings is 11. The van der Waals surface area contributed by atoms with Crippen LogP contribution >= 0.6 is 11.8 Å². The Labute approximate surface area is 421 Å².